The molecular weight excluding hydrogens is 325 g/mol. The summed E-state index contributed by atoms with van der Waals surface area (Å²) in [6.45, 7) is 4.40. The molecule has 0 spiro atoms. The van der Waals surface area contributed by atoms with Crippen LogP contribution in [0.2, 0.25) is 0 Å². The van der Waals surface area contributed by atoms with Crippen LogP contribution in [0.15, 0.2) is 16.6 Å². The van der Waals surface area contributed by atoms with E-state index in [0.717, 1.165) is 19.3 Å². The minimum atomic E-state index is -0.548. The lowest BCUT2D eigenvalue weighted by atomic mass is 9.80. The van der Waals surface area contributed by atoms with Crippen molar-refractivity contribution in [2.75, 3.05) is 5.73 Å². The first-order chi connectivity index (χ1) is 9.38. The Kier molecular flexibility index (Phi) is 4.68. The van der Waals surface area contributed by atoms with Crippen LogP contribution in [0.5, 0.6) is 0 Å². The maximum atomic E-state index is 13.3. The molecule has 0 radical (unpaired) electrons. The second kappa shape index (κ2) is 6.12. The predicted molar refractivity (Wildman–Crippen MR) is 79.9 cm³/mol. The molecule has 1 aromatic carbocycles. The van der Waals surface area contributed by atoms with E-state index in [4.69, 9.17) is 10.5 Å². The average Bonchev–Trinajstić information content (AvgIpc) is 2.38. The summed E-state index contributed by atoms with van der Waals surface area (Å²) < 4.78 is 19.2. The monoisotopic (exact) mass is 343 g/mol. The Morgan fingerprint density at radius 1 is 1.35 bits per heavy atom. The highest BCUT2D eigenvalue weighted by molar-refractivity contribution is 9.10. The number of nitrogens with two attached hydrogens (primary N) is 1. The van der Waals surface area contributed by atoms with Crippen LogP contribution in [-0.4, -0.2) is 12.1 Å². The van der Waals surface area contributed by atoms with Crippen molar-refractivity contribution < 1.29 is 13.9 Å². The zero-order valence-corrected chi connectivity index (χ0v) is 13.2. The molecular formula is C15H19BrFNO2. The van der Waals surface area contributed by atoms with Crippen LogP contribution in [0.3, 0.4) is 0 Å². The van der Waals surface area contributed by atoms with Crippen LogP contribution in [0.1, 0.15) is 43.5 Å². The fraction of sp³-hybridized carbons (Fsp3) is 0.533. The van der Waals surface area contributed by atoms with E-state index in [2.05, 4.69) is 29.8 Å². The van der Waals surface area contributed by atoms with E-state index in [1.54, 1.807) is 0 Å². The number of anilines is 1. The standard InChI is InChI=1S/C15H19BrFNO2/c1-8-3-4-10(5-9(8)2)20-15(19)11-6-14(18)13(17)7-12(11)16/h6-10H,3-5,18H2,1-2H3. The largest absolute Gasteiger partial charge is 0.459 e. The Labute approximate surface area is 126 Å². The third kappa shape index (κ3) is 3.32. The van der Waals surface area contributed by atoms with Crippen LogP contribution >= 0.6 is 15.9 Å². The molecule has 3 nitrogen and oxygen atoms in total. The molecule has 3 unspecified atom stereocenters. The fourth-order valence-electron chi connectivity index (χ4n) is 2.54. The highest BCUT2D eigenvalue weighted by Crippen LogP contribution is 2.32. The van der Waals surface area contributed by atoms with E-state index < -0.39 is 11.8 Å². The topological polar surface area (TPSA) is 52.3 Å². The van der Waals surface area contributed by atoms with Crippen LogP contribution in [0, 0.1) is 17.7 Å². The van der Waals surface area contributed by atoms with Gasteiger partial charge in [-0.1, -0.05) is 13.8 Å². The molecule has 3 atom stereocenters. The van der Waals surface area contributed by atoms with Crippen molar-refractivity contribution >= 4 is 27.6 Å². The minimum absolute atomic E-state index is 0.0502. The summed E-state index contributed by atoms with van der Waals surface area (Å²) in [5.41, 5.74) is 5.72. The number of nitrogen functional groups attached to an aromatic ring is 1. The molecule has 0 amide bonds. The summed E-state index contributed by atoms with van der Waals surface area (Å²) in [6.07, 6.45) is 2.75. The molecule has 2 rings (SSSR count). The number of rotatable bonds is 2. The molecule has 1 aliphatic carbocycles. The quantitative estimate of drug-likeness (QED) is 0.648. The molecule has 0 aliphatic heterocycles. The van der Waals surface area contributed by atoms with Gasteiger partial charge in [-0.3, -0.25) is 0 Å². The van der Waals surface area contributed by atoms with Crippen molar-refractivity contribution in [3.05, 3.63) is 28.0 Å². The van der Waals surface area contributed by atoms with E-state index >= 15 is 0 Å². The van der Waals surface area contributed by atoms with E-state index in [0.29, 0.717) is 16.3 Å². The Morgan fingerprint density at radius 3 is 2.70 bits per heavy atom. The maximum absolute atomic E-state index is 13.3. The molecule has 1 fully saturated rings. The van der Waals surface area contributed by atoms with Crippen LogP contribution < -0.4 is 5.73 Å². The summed E-state index contributed by atoms with van der Waals surface area (Å²) >= 11 is 3.17. The number of esters is 1. The smallest absolute Gasteiger partial charge is 0.339 e. The Hall–Kier alpha value is -1.10. The van der Waals surface area contributed by atoms with E-state index in [9.17, 15) is 9.18 Å². The summed E-state index contributed by atoms with van der Waals surface area (Å²) in [5, 5.41) is 0. The SMILES string of the molecule is CC1CCC(OC(=O)c2cc(N)c(F)cc2Br)CC1C. The number of benzene rings is 1. The molecule has 110 valence electrons. The number of carbonyl (C=O) groups is 1. The third-order valence-corrected chi connectivity index (χ3v) is 4.79. The lowest BCUT2D eigenvalue weighted by Gasteiger charge is -2.31. The second-order valence-electron chi connectivity index (χ2n) is 5.65. The number of hydrogen-bond acceptors (Lipinski definition) is 3. The highest BCUT2D eigenvalue weighted by atomic mass is 79.9. The summed E-state index contributed by atoms with van der Waals surface area (Å²) in [7, 11) is 0. The lowest BCUT2D eigenvalue weighted by Crippen LogP contribution is -2.28. The molecule has 20 heavy (non-hydrogen) atoms. The number of hydrogen-bond donors (Lipinski definition) is 1. The number of ether oxygens (including phenoxy) is 1. The summed E-state index contributed by atoms with van der Waals surface area (Å²) in [4.78, 5) is 12.2. The molecule has 1 saturated carbocycles. The van der Waals surface area contributed by atoms with Crippen LogP contribution in [0.4, 0.5) is 10.1 Å². The summed E-state index contributed by atoms with van der Waals surface area (Å²) in [5.74, 6) is 0.213. The second-order valence-corrected chi connectivity index (χ2v) is 6.50. The van der Waals surface area contributed by atoms with Gasteiger partial charge in [0, 0.05) is 4.47 Å². The van der Waals surface area contributed by atoms with Crippen molar-refractivity contribution in [1.29, 1.82) is 0 Å². The summed E-state index contributed by atoms with van der Waals surface area (Å²) in [6, 6.07) is 2.51. The van der Waals surface area contributed by atoms with E-state index in [1.807, 2.05) is 0 Å². The van der Waals surface area contributed by atoms with Gasteiger partial charge in [0.2, 0.25) is 0 Å². The van der Waals surface area contributed by atoms with Gasteiger partial charge in [-0.15, -0.1) is 0 Å². The van der Waals surface area contributed by atoms with Gasteiger partial charge < -0.3 is 10.5 Å². The van der Waals surface area contributed by atoms with Gasteiger partial charge in [-0.05, 0) is 59.2 Å². The van der Waals surface area contributed by atoms with Gasteiger partial charge in [0.05, 0.1) is 11.3 Å². The van der Waals surface area contributed by atoms with Gasteiger partial charge in [0.25, 0.3) is 0 Å². The van der Waals surface area contributed by atoms with Crippen molar-refractivity contribution in [2.45, 2.75) is 39.2 Å². The van der Waals surface area contributed by atoms with Crippen LogP contribution in [0.25, 0.3) is 0 Å². The Bertz CT molecular complexity index is 521. The van der Waals surface area contributed by atoms with Gasteiger partial charge in [-0.2, -0.15) is 0 Å². The first-order valence-corrected chi connectivity index (χ1v) is 7.63. The van der Waals surface area contributed by atoms with Crippen molar-refractivity contribution in [3.8, 4) is 0 Å². The third-order valence-electron chi connectivity index (χ3n) is 4.13. The van der Waals surface area contributed by atoms with Crippen molar-refractivity contribution in [2.24, 2.45) is 11.8 Å². The minimum Gasteiger partial charge on any atom is -0.459 e. The maximum Gasteiger partial charge on any atom is 0.339 e. The first kappa shape index (κ1) is 15.3. The molecule has 0 bridgehead atoms. The lowest BCUT2D eigenvalue weighted by molar-refractivity contribution is 0.00869. The van der Waals surface area contributed by atoms with Gasteiger partial charge in [-0.25, -0.2) is 9.18 Å². The fourth-order valence-corrected chi connectivity index (χ4v) is 3.02. The normalized spacial score (nSPS) is 26.3. The van der Waals surface area contributed by atoms with E-state index in [-0.39, 0.29) is 17.4 Å². The molecule has 2 N–H and O–H groups in total. The predicted octanol–water partition coefficient (Wildman–Crippen LogP) is 4.15. The molecule has 5 heteroatoms. The van der Waals surface area contributed by atoms with Gasteiger partial charge in [0.15, 0.2) is 0 Å². The molecule has 1 aromatic rings. The molecule has 0 heterocycles. The van der Waals surface area contributed by atoms with Crippen molar-refractivity contribution in [3.63, 3.8) is 0 Å². The van der Waals surface area contributed by atoms with Gasteiger partial charge >= 0.3 is 5.97 Å². The van der Waals surface area contributed by atoms with Gasteiger partial charge in [0.1, 0.15) is 11.9 Å². The first-order valence-electron chi connectivity index (χ1n) is 6.84. The zero-order chi connectivity index (χ0) is 14.9. The molecule has 0 aromatic heterocycles. The zero-order valence-electron chi connectivity index (χ0n) is 11.7. The van der Waals surface area contributed by atoms with Crippen LogP contribution in [-0.2, 0) is 4.74 Å². The number of carbonyl (C=O) groups excluding carboxylic acids is 1. The highest BCUT2D eigenvalue weighted by Gasteiger charge is 2.28. The average molecular weight is 344 g/mol. The number of halogens is 2. The Balaban J connectivity index is 2.07. The van der Waals surface area contributed by atoms with Crippen molar-refractivity contribution in [1.82, 2.24) is 0 Å². The Morgan fingerprint density at radius 2 is 2.05 bits per heavy atom. The van der Waals surface area contributed by atoms with E-state index in [1.165, 1.54) is 12.1 Å². The molecule has 0 saturated heterocycles. The molecule has 1 aliphatic rings.